The summed E-state index contributed by atoms with van der Waals surface area (Å²) in [6.07, 6.45) is 11.3. The lowest BCUT2D eigenvalue weighted by atomic mass is 9.42. The summed E-state index contributed by atoms with van der Waals surface area (Å²) in [7, 11) is 0. The molecule has 4 rings (SSSR count). The van der Waals surface area contributed by atoms with Crippen LogP contribution in [0.25, 0.3) is 0 Å². The van der Waals surface area contributed by atoms with Crippen molar-refractivity contribution in [2.24, 2.45) is 34.0 Å². The molecule has 0 saturated heterocycles. The van der Waals surface area contributed by atoms with E-state index >= 15 is 0 Å². The number of Topliss-reactive ketones (excluding diaryl/α,β-unsaturated/α-hetero) is 1. The minimum absolute atomic E-state index is 0.0422. The highest BCUT2D eigenvalue weighted by Gasteiger charge is 2.62. The van der Waals surface area contributed by atoms with Gasteiger partial charge in [-0.05, 0) is 66.8 Å². The molecule has 6 atom stereocenters. The molecule has 0 N–H and O–H groups in total. The number of rotatable bonds is 0. The summed E-state index contributed by atoms with van der Waals surface area (Å²) in [6.45, 7) is 6.96. The quantitative estimate of drug-likeness (QED) is 0.667. The van der Waals surface area contributed by atoms with Crippen LogP contribution in [0.2, 0.25) is 0 Å². The Morgan fingerprint density at radius 3 is 2.55 bits per heavy atom. The molecule has 120 valence electrons. The maximum atomic E-state index is 12.4. The van der Waals surface area contributed by atoms with E-state index in [0.717, 1.165) is 32.1 Å². The standard InChI is InChI=1S/C20H28O2/c1-18-9-7-14-15-4-5-17(22)19(15,2)10-8-16(14)20(18,3)11-6-13(21)12-18/h6,11,14-16H,4-5,7-10,12H2,1-3H3/t14-,15-,16-,18+,19-,20+/m0/s1. The van der Waals surface area contributed by atoms with Crippen molar-refractivity contribution >= 4 is 11.6 Å². The van der Waals surface area contributed by atoms with Crippen LogP contribution in [0.3, 0.4) is 0 Å². The molecule has 0 radical (unpaired) electrons. The summed E-state index contributed by atoms with van der Waals surface area (Å²) < 4.78 is 0. The first-order chi connectivity index (χ1) is 10.3. The Balaban J connectivity index is 1.74. The fourth-order valence-corrected chi connectivity index (χ4v) is 6.72. The lowest BCUT2D eigenvalue weighted by Crippen LogP contribution is -2.56. The Morgan fingerprint density at radius 2 is 1.77 bits per heavy atom. The third-order valence-electron chi connectivity index (χ3n) is 8.43. The second-order valence-electron chi connectivity index (χ2n) is 9.15. The van der Waals surface area contributed by atoms with Crippen molar-refractivity contribution in [3.8, 4) is 0 Å². The van der Waals surface area contributed by atoms with Crippen molar-refractivity contribution in [1.29, 1.82) is 0 Å². The van der Waals surface area contributed by atoms with Crippen LogP contribution < -0.4 is 0 Å². The Labute approximate surface area is 133 Å². The molecule has 0 bridgehead atoms. The average molecular weight is 300 g/mol. The topological polar surface area (TPSA) is 34.1 Å². The van der Waals surface area contributed by atoms with E-state index in [0.29, 0.717) is 35.7 Å². The molecule has 0 heterocycles. The molecule has 0 aromatic carbocycles. The first kappa shape index (κ1) is 14.7. The van der Waals surface area contributed by atoms with Crippen LogP contribution >= 0.6 is 0 Å². The molecule has 2 heteroatoms. The SMILES string of the molecule is C[C@]12CC[C@H]3[C@@H]4CCC(=O)[C@@]4(C)CC[C@@H]3[C@@]1(C)C=CC(=O)C2. The molecule has 4 aliphatic rings. The van der Waals surface area contributed by atoms with Gasteiger partial charge in [-0.25, -0.2) is 0 Å². The monoisotopic (exact) mass is 300 g/mol. The molecule has 3 saturated carbocycles. The van der Waals surface area contributed by atoms with E-state index < -0.39 is 0 Å². The summed E-state index contributed by atoms with van der Waals surface area (Å²) in [5.74, 6) is 2.74. The van der Waals surface area contributed by atoms with Gasteiger partial charge in [0.15, 0.2) is 5.78 Å². The zero-order chi connectivity index (χ0) is 15.8. The van der Waals surface area contributed by atoms with Crippen molar-refractivity contribution in [3.05, 3.63) is 12.2 Å². The minimum atomic E-state index is -0.0422. The molecular weight excluding hydrogens is 272 g/mol. The highest BCUT2D eigenvalue weighted by molar-refractivity contribution is 5.91. The molecular formula is C20H28O2. The normalized spacial score (nSPS) is 53.9. The summed E-state index contributed by atoms with van der Waals surface area (Å²) in [5, 5.41) is 0. The average Bonchev–Trinajstić information content (AvgIpc) is 2.76. The van der Waals surface area contributed by atoms with Crippen molar-refractivity contribution < 1.29 is 9.59 Å². The van der Waals surface area contributed by atoms with Crippen molar-refractivity contribution in [3.63, 3.8) is 0 Å². The second kappa shape index (κ2) is 4.33. The third-order valence-corrected chi connectivity index (χ3v) is 8.43. The molecule has 0 unspecified atom stereocenters. The molecule has 0 aromatic rings. The van der Waals surface area contributed by atoms with Crippen molar-refractivity contribution in [2.45, 2.75) is 65.7 Å². The minimum Gasteiger partial charge on any atom is -0.299 e. The Morgan fingerprint density at radius 1 is 1.00 bits per heavy atom. The van der Waals surface area contributed by atoms with Gasteiger partial charge < -0.3 is 0 Å². The molecule has 22 heavy (non-hydrogen) atoms. The largest absolute Gasteiger partial charge is 0.299 e. The van der Waals surface area contributed by atoms with Gasteiger partial charge in [0.1, 0.15) is 5.78 Å². The first-order valence-corrected chi connectivity index (χ1v) is 9.06. The summed E-state index contributed by atoms with van der Waals surface area (Å²) in [5.41, 5.74) is 0.215. The predicted molar refractivity (Wildman–Crippen MR) is 86.3 cm³/mol. The maximum Gasteiger partial charge on any atom is 0.155 e. The second-order valence-corrected chi connectivity index (χ2v) is 9.15. The van der Waals surface area contributed by atoms with E-state index in [1.165, 1.54) is 6.42 Å². The van der Waals surface area contributed by atoms with Gasteiger partial charge in [0.2, 0.25) is 0 Å². The smallest absolute Gasteiger partial charge is 0.155 e. The van der Waals surface area contributed by atoms with E-state index in [9.17, 15) is 9.59 Å². The molecule has 2 nitrogen and oxygen atoms in total. The maximum absolute atomic E-state index is 12.4. The fraction of sp³-hybridized carbons (Fsp3) is 0.800. The zero-order valence-corrected chi connectivity index (χ0v) is 14.2. The third kappa shape index (κ3) is 1.62. The van der Waals surface area contributed by atoms with Crippen LogP contribution in [0, 0.1) is 34.0 Å². The summed E-state index contributed by atoms with van der Waals surface area (Å²) in [4.78, 5) is 24.4. The van der Waals surface area contributed by atoms with Gasteiger partial charge in [-0.1, -0.05) is 26.8 Å². The first-order valence-electron chi connectivity index (χ1n) is 9.06. The Hall–Kier alpha value is -0.920. The van der Waals surface area contributed by atoms with Crippen LogP contribution in [0.15, 0.2) is 12.2 Å². The van der Waals surface area contributed by atoms with E-state index in [1.807, 2.05) is 6.08 Å². The Kier molecular flexibility index (Phi) is 2.89. The van der Waals surface area contributed by atoms with Crippen LogP contribution in [-0.4, -0.2) is 11.6 Å². The van der Waals surface area contributed by atoms with E-state index in [-0.39, 0.29) is 16.2 Å². The number of hydrogen-bond acceptors (Lipinski definition) is 2. The van der Waals surface area contributed by atoms with Gasteiger partial charge in [0.05, 0.1) is 0 Å². The van der Waals surface area contributed by atoms with Crippen molar-refractivity contribution in [1.82, 2.24) is 0 Å². The summed E-state index contributed by atoms with van der Waals surface area (Å²) >= 11 is 0. The molecule has 4 aliphatic carbocycles. The predicted octanol–water partition coefficient (Wildman–Crippen LogP) is 4.33. The van der Waals surface area contributed by atoms with Gasteiger partial charge in [0, 0.05) is 18.3 Å². The number of hydrogen-bond donors (Lipinski definition) is 0. The molecule has 3 fully saturated rings. The number of carbonyl (C=O) groups is 2. The van der Waals surface area contributed by atoms with Gasteiger partial charge in [0.25, 0.3) is 0 Å². The number of ketones is 2. The zero-order valence-electron chi connectivity index (χ0n) is 14.2. The van der Waals surface area contributed by atoms with Crippen LogP contribution in [-0.2, 0) is 9.59 Å². The van der Waals surface area contributed by atoms with Gasteiger partial charge >= 0.3 is 0 Å². The lowest BCUT2D eigenvalue weighted by Gasteiger charge is -2.62. The Bertz CT molecular complexity index is 576. The van der Waals surface area contributed by atoms with E-state index in [1.54, 1.807) is 0 Å². The van der Waals surface area contributed by atoms with Crippen LogP contribution in [0.1, 0.15) is 65.7 Å². The molecule has 0 amide bonds. The number of allylic oxidation sites excluding steroid dienone is 2. The summed E-state index contributed by atoms with van der Waals surface area (Å²) in [6, 6.07) is 0. The van der Waals surface area contributed by atoms with Crippen LogP contribution in [0.4, 0.5) is 0 Å². The molecule has 0 aliphatic heterocycles. The van der Waals surface area contributed by atoms with Gasteiger partial charge in [-0.2, -0.15) is 0 Å². The number of fused-ring (bicyclic) bond motifs is 5. The van der Waals surface area contributed by atoms with Crippen LogP contribution in [0.5, 0.6) is 0 Å². The lowest BCUT2D eigenvalue weighted by molar-refractivity contribution is -0.142. The highest BCUT2D eigenvalue weighted by Crippen LogP contribution is 2.67. The van der Waals surface area contributed by atoms with E-state index in [2.05, 4.69) is 26.8 Å². The van der Waals surface area contributed by atoms with Gasteiger partial charge in [-0.3, -0.25) is 9.59 Å². The van der Waals surface area contributed by atoms with E-state index in [4.69, 9.17) is 0 Å². The van der Waals surface area contributed by atoms with Gasteiger partial charge in [-0.15, -0.1) is 0 Å². The van der Waals surface area contributed by atoms with Crippen molar-refractivity contribution in [2.75, 3.05) is 0 Å². The highest BCUT2D eigenvalue weighted by atomic mass is 16.1. The fourth-order valence-electron chi connectivity index (χ4n) is 6.72. The molecule has 0 spiro atoms. The number of carbonyl (C=O) groups excluding carboxylic acids is 2. The molecule has 0 aromatic heterocycles.